The molecule has 1 heterocycles. The van der Waals surface area contributed by atoms with E-state index in [0.29, 0.717) is 0 Å². The average molecular weight is 288 g/mol. The van der Waals surface area contributed by atoms with Gasteiger partial charge in [-0.2, -0.15) is 0 Å². The Balaban J connectivity index is 2.18. The minimum atomic E-state index is 0.768. The maximum absolute atomic E-state index is 3.56. The Morgan fingerprint density at radius 1 is 1.05 bits per heavy atom. The van der Waals surface area contributed by atoms with Gasteiger partial charge in [0.05, 0.1) is 0 Å². The molecule has 0 saturated carbocycles. The summed E-state index contributed by atoms with van der Waals surface area (Å²) >= 11 is 0. The molecule has 2 heteroatoms. The normalized spacial score (nSPS) is 14.2. The molecule has 0 fully saturated rings. The van der Waals surface area contributed by atoms with Gasteiger partial charge in [0.15, 0.2) is 0 Å². The summed E-state index contributed by atoms with van der Waals surface area (Å²) in [4.78, 5) is 2.63. The summed E-state index contributed by atoms with van der Waals surface area (Å²) in [6.45, 7) is 12.8. The minimum absolute atomic E-state index is 0.768. The first-order valence-electron chi connectivity index (χ1n) is 8.68. The van der Waals surface area contributed by atoms with E-state index in [1.54, 1.807) is 0 Å². The molecule has 1 aliphatic rings. The second-order valence-electron chi connectivity index (χ2n) is 7.19. The molecule has 1 aromatic carbocycles. The summed E-state index contributed by atoms with van der Waals surface area (Å²) in [5.74, 6) is 1.54. The van der Waals surface area contributed by atoms with Gasteiger partial charge in [0, 0.05) is 31.0 Å². The van der Waals surface area contributed by atoms with Gasteiger partial charge in [-0.05, 0) is 55.2 Å². The zero-order valence-corrected chi connectivity index (χ0v) is 14.3. The Kier molecular flexibility index (Phi) is 5.96. The smallest absolute Gasteiger partial charge is 0.0419 e. The molecule has 1 aromatic rings. The standard InChI is InChI=1S/C19H32N2/c1-15(2)10-13-21(14-11-16(3)4)19-9-5-8-18-17(19)7-6-12-20-18/h5,8-9,15-16,20H,6-7,10-14H2,1-4H3. The number of hydrogen-bond acceptors (Lipinski definition) is 2. The summed E-state index contributed by atoms with van der Waals surface area (Å²) < 4.78 is 0. The van der Waals surface area contributed by atoms with Crippen LogP contribution in [0.2, 0.25) is 0 Å². The maximum atomic E-state index is 3.56. The molecule has 0 spiro atoms. The van der Waals surface area contributed by atoms with E-state index in [-0.39, 0.29) is 0 Å². The van der Waals surface area contributed by atoms with Crippen LogP contribution < -0.4 is 10.2 Å². The molecule has 2 rings (SSSR count). The Bertz CT molecular complexity index is 425. The molecule has 0 bridgehead atoms. The Morgan fingerprint density at radius 3 is 2.33 bits per heavy atom. The molecular formula is C19H32N2. The summed E-state index contributed by atoms with van der Waals surface area (Å²) in [6.07, 6.45) is 5.02. The van der Waals surface area contributed by atoms with E-state index in [4.69, 9.17) is 0 Å². The van der Waals surface area contributed by atoms with E-state index >= 15 is 0 Å². The molecular weight excluding hydrogens is 256 g/mol. The van der Waals surface area contributed by atoms with Crippen molar-refractivity contribution in [1.82, 2.24) is 0 Å². The third kappa shape index (κ3) is 4.66. The van der Waals surface area contributed by atoms with Gasteiger partial charge in [-0.1, -0.05) is 33.8 Å². The van der Waals surface area contributed by atoms with Gasteiger partial charge in [-0.15, -0.1) is 0 Å². The van der Waals surface area contributed by atoms with Crippen LogP contribution in [0.1, 0.15) is 52.5 Å². The van der Waals surface area contributed by atoms with Crippen molar-refractivity contribution in [2.45, 2.75) is 53.4 Å². The van der Waals surface area contributed by atoms with Crippen LogP contribution in [0, 0.1) is 11.8 Å². The predicted molar refractivity (Wildman–Crippen MR) is 94.4 cm³/mol. The van der Waals surface area contributed by atoms with E-state index in [2.05, 4.69) is 56.1 Å². The zero-order chi connectivity index (χ0) is 15.2. The molecule has 0 amide bonds. The second kappa shape index (κ2) is 7.72. The predicted octanol–water partition coefficient (Wildman–Crippen LogP) is 4.94. The van der Waals surface area contributed by atoms with Crippen LogP contribution in [0.15, 0.2) is 18.2 Å². The molecule has 0 aromatic heterocycles. The van der Waals surface area contributed by atoms with Gasteiger partial charge in [0.1, 0.15) is 0 Å². The molecule has 21 heavy (non-hydrogen) atoms. The summed E-state index contributed by atoms with van der Waals surface area (Å²) in [7, 11) is 0. The topological polar surface area (TPSA) is 15.3 Å². The first kappa shape index (κ1) is 16.2. The minimum Gasteiger partial charge on any atom is -0.385 e. The van der Waals surface area contributed by atoms with Crippen LogP contribution in [0.3, 0.4) is 0 Å². The van der Waals surface area contributed by atoms with E-state index in [9.17, 15) is 0 Å². The van der Waals surface area contributed by atoms with Gasteiger partial charge in [0.2, 0.25) is 0 Å². The Labute approximate surface area is 130 Å². The maximum Gasteiger partial charge on any atom is 0.0419 e. The third-order valence-corrected chi connectivity index (χ3v) is 4.36. The van der Waals surface area contributed by atoms with Crippen LogP contribution in [0.25, 0.3) is 0 Å². The first-order valence-corrected chi connectivity index (χ1v) is 8.68. The van der Waals surface area contributed by atoms with Crippen molar-refractivity contribution < 1.29 is 0 Å². The highest BCUT2D eigenvalue weighted by Gasteiger charge is 2.17. The van der Waals surface area contributed by atoms with Crippen molar-refractivity contribution in [3.05, 3.63) is 23.8 Å². The molecule has 2 nitrogen and oxygen atoms in total. The van der Waals surface area contributed by atoms with Crippen LogP contribution >= 0.6 is 0 Å². The number of benzene rings is 1. The lowest BCUT2D eigenvalue weighted by molar-refractivity contribution is 0.534. The fourth-order valence-electron chi connectivity index (χ4n) is 2.97. The van der Waals surface area contributed by atoms with Crippen molar-refractivity contribution in [3.8, 4) is 0 Å². The summed E-state index contributed by atoms with van der Waals surface area (Å²) in [5.41, 5.74) is 4.37. The zero-order valence-electron chi connectivity index (χ0n) is 14.3. The van der Waals surface area contributed by atoms with Gasteiger partial charge in [-0.3, -0.25) is 0 Å². The lowest BCUT2D eigenvalue weighted by atomic mass is 9.99. The number of nitrogens with zero attached hydrogens (tertiary/aromatic N) is 1. The van der Waals surface area contributed by atoms with Crippen LogP contribution in [0.5, 0.6) is 0 Å². The molecule has 118 valence electrons. The Hall–Kier alpha value is -1.18. The SMILES string of the molecule is CC(C)CCN(CCC(C)C)c1cccc2c1CCCN2. The van der Waals surface area contributed by atoms with Crippen molar-refractivity contribution in [1.29, 1.82) is 0 Å². The third-order valence-electron chi connectivity index (χ3n) is 4.36. The number of nitrogens with one attached hydrogen (secondary N) is 1. The van der Waals surface area contributed by atoms with Crippen molar-refractivity contribution in [2.24, 2.45) is 11.8 Å². The first-order chi connectivity index (χ1) is 10.1. The van der Waals surface area contributed by atoms with E-state index in [1.807, 2.05) is 0 Å². The quantitative estimate of drug-likeness (QED) is 0.764. The van der Waals surface area contributed by atoms with Gasteiger partial charge >= 0.3 is 0 Å². The van der Waals surface area contributed by atoms with E-state index in [1.165, 1.54) is 55.7 Å². The van der Waals surface area contributed by atoms with Crippen LogP contribution in [-0.2, 0) is 6.42 Å². The molecule has 0 aliphatic carbocycles. The highest BCUT2D eigenvalue weighted by molar-refractivity contribution is 5.67. The second-order valence-corrected chi connectivity index (χ2v) is 7.19. The highest BCUT2D eigenvalue weighted by atomic mass is 15.1. The van der Waals surface area contributed by atoms with Crippen molar-refractivity contribution >= 4 is 11.4 Å². The van der Waals surface area contributed by atoms with Gasteiger partial charge in [0.25, 0.3) is 0 Å². The van der Waals surface area contributed by atoms with Gasteiger partial charge < -0.3 is 10.2 Å². The molecule has 0 atom stereocenters. The number of hydrogen-bond donors (Lipinski definition) is 1. The fourth-order valence-corrected chi connectivity index (χ4v) is 2.97. The van der Waals surface area contributed by atoms with Crippen molar-refractivity contribution in [2.75, 3.05) is 29.9 Å². The number of fused-ring (bicyclic) bond motifs is 1. The number of rotatable bonds is 7. The van der Waals surface area contributed by atoms with Crippen LogP contribution in [-0.4, -0.2) is 19.6 Å². The van der Waals surface area contributed by atoms with E-state index in [0.717, 1.165) is 18.4 Å². The summed E-state index contributed by atoms with van der Waals surface area (Å²) in [5, 5.41) is 3.56. The summed E-state index contributed by atoms with van der Waals surface area (Å²) in [6, 6.07) is 6.78. The number of anilines is 2. The largest absolute Gasteiger partial charge is 0.385 e. The highest BCUT2D eigenvalue weighted by Crippen LogP contribution is 2.32. The lowest BCUT2D eigenvalue weighted by Gasteiger charge is -2.31. The fraction of sp³-hybridized carbons (Fsp3) is 0.684. The molecule has 1 N–H and O–H groups in total. The van der Waals surface area contributed by atoms with Gasteiger partial charge in [-0.25, -0.2) is 0 Å². The molecule has 1 aliphatic heterocycles. The average Bonchev–Trinajstić information content (AvgIpc) is 2.46. The molecule has 0 radical (unpaired) electrons. The van der Waals surface area contributed by atoms with E-state index < -0.39 is 0 Å². The lowest BCUT2D eigenvalue weighted by Crippen LogP contribution is -2.29. The Morgan fingerprint density at radius 2 is 1.71 bits per heavy atom. The molecule has 0 unspecified atom stereocenters. The van der Waals surface area contributed by atoms with Crippen LogP contribution in [0.4, 0.5) is 11.4 Å². The molecule has 0 saturated heterocycles. The monoisotopic (exact) mass is 288 g/mol. The van der Waals surface area contributed by atoms with Crippen molar-refractivity contribution in [3.63, 3.8) is 0 Å².